The number of halogens is 3. The Morgan fingerprint density at radius 2 is 2.06 bits per heavy atom. The minimum absolute atomic E-state index is 0.0178. The van der Waals surface area contributed by atoms with Crippen molar-refractivity contribution in [3.8, 4) is 0 Å². The molecule has 0 fully saturated rings. The van der Waals surface area contributed by atoms with Gasteiger partial charge in [-0.15, -0.1) is 0 Å². The van der Waals surface area contributed by atoms with Crippen LogP contribution in [0, 0.1) is 0 Å². The smallest absolute Gasteiger partial charge is 0.376 e. The third-order valence-corrected chi connectivity index (χ3v) is 2.39. The molecule has 7 heteroatoms. The van der Waals surface area contributed by atoms with Crippen molar-refractivity contribution in [1.29, 1.82) is 0 Å². The lowest BCUT2D eigenvalue weighted by molar-refractivity contribution is -0.137. The maximum atomic E-state index is 12.5. The molecule has 0 aromatic heterocycles. The van der Waals surface area contributed by atoms with E-state index in [4.69, 9.17) is 5.73 Å². The molecule has 3 nitrogen and oxygen atoms in total. The Balaban J connectivity index is 3.22. The van der Waals surface area contributed by atoms with E-state index in [0.717, 1.165) is 17.0 Å². The average molecular weight is 276 g/mol. The quantitative estimate of drug-likeness (QED) is 0.845. The standard InChI is InChI=1S/C11H11F3N2OS/c1-2-9(17)16(10(15)18)8-5-3-4-7(6-8)11(12,13)14/h3-6H,2H2,1H3,(H2,15,18). The molecular weight excluding hydrogens is 265 g/mol. The van der Waals surface area contributed by atoms with Crippen molar-refractivity contribution in [1.82, 2.24) is 0 Å². The number of alkyl halides is 3. The van der Waals surface area contributed by atoms with Crippen molar-refractivity contribution >= 4 is 28.9 Å². The van der Waals surface area contributed by atoms with E-state index in [1.54, 1.807) is 6.92 Å². The van der Waals surface area contributed by atoms with Crippen LogP contribution in [0.15, 0.2) is 24.3 Å². The predicted molar refractivity (Wildman–Crippen MR) is 66.0 cm³/mol. The van der Waals surface area contributed by atoms with Gasteiger partial charge in [0.15, 0.2) is 5.11 Å². The van der Waals surface area contributed by atoms with Crippen LogP contribution in [-0.4, -0.2) is 11.0 Å². The maximum Gasteiger partial charge on any atom is 0.416 e. The lowest BCUT2D eigenvalue weighted by Crippen LogP contribution is -2.40. The van der Waals surface area contributed by atoms with Gasteiger partial charge in [0.25, 0.3) is 0 Å². The second kappa shape index (κ2) is 5.34. The largest absolute Gasteiger partial charge is 0.416 e. The van der Waals surface area contributed by atoms with Crippen molar-refractivity contribution in [2.45, 2.75) is 19.5 Å². The molecule has 0 heterocycles. The fourth-order valence-electron chi connectivity index (χ4n) is 1.37. The van der Waals surface area contributed by atoms with Crippen LogP contribution in [0.1, 0.15) is 18.9 Å². The first-order valence-corrected chi connectivity index (χ1v) is 5.47. The highest BCUT2D eigenvalue weighted by Crippen LogP contribution is 2.31. The normalized spacial score (nSPS) is 11.1. The van der Waals surface area contributed by atoms with Crippen LogP contribution in [0.25, 0.3) is 0 Å². The summed E-state index contributed by atoms with van der Waals surface area (Å²) in [4.78, 5) is 12.5. The number of carbonyl (C=O) groups excluding carboxylic acids is 1. The number of anilines is 1. The molecule has 1 aromatic rings. The number of rotatable bonds is 2. The summed E-state index contributed by atoms with van der Waals surface area (Å²) < 4.78 is 37.6. The molecule has 0 spiro atoms. The summed E-state index contributed by atoms with van der Waals surface area (Å²) in [6.45, 7) is 1.57. The number of benzene rings is 1. The molecule has 18 heavy (non-hydrogen) atoms. The minimum atomic E-state index is -4.48. The van der Waals surface area contributed by atoms with E-state index in [2.05, 4.69) is 12.2 Å². The average Bonchev–Trinajstić information content (AvgIpc) is 2.27. The van der Waals surface area contributed by atoms with Crippen molar-refractivity contribution < 1.29 is 18.0 Å². The summed E-state index contributed by atoms with van der Waals surface area (Å²) in [5, 5.41) is -0.277. The number of nitrogens with two attached hydrogens (primary N) is 1. The Bertz CT molecular complexity index is 474. The molecule has 0 unspecified atom stereocenters. The first-order valence-electron chi connectivity index (χ1n) is 5.07. The lowest BCUT2D eigenvalue weighted by Gasteiger charge is -2.21. The van der Waals surface area contributed by atoms with Crippen LogP contribution >= 0.6 is 12.2 Å². The van der Waals surface area contributed by atoms with Crippen molar-refractivity contribution in [2.24, 2.45) is 5.73 Å². The Morgan fingerprint density at radius 1 is 1.44 bits per heavy atom. The van der Waals surface area contributed by atoms with Gasteiger partial charge < -0.3 is 5.73 Å². The van der Waals surface area contributed by atoms with Crippen LogP contribution in [-0.2, 0) is 11.0 Å². The monoisotopic (exact) mass is 276 g/mol. The van der Waals surface area contributed by atoms with Crippen LogP contribution in [0.4, 0.5) is 18.9 Å². The van der Waals surface area contributed by atoms with Gasteiger partial charge in [0.05, 0.1) is 11.3 Å². The summed E-state index contributed by atoms with van der Waals surface area (Å²) in [6, 6.07) is 4.30. The van der Waals surface area contributed by atoms with E-state index in [-0.39, 0.29) is 17.2 Å². The van der Waals surface area contributed by atoms with Crippen LogP contribution in [0.5, 0.6) is 0 Å². The number of hydrogen-bond donors (Lipinski definition) is 1. The first-order chi connectivity index (χ1) is 8.27. The van der Waals surface area contributed by atoms with E-state index < -0.39 is 17.6 Å². The molecule has 2 N–H and O–H groups in total. The first kappa shape index (κ1) is 14.4. The minimum Gasteiger partial charge on any atom is -0.376 e. The number of amides is 1. The molecule has 1 aromatic carbocycles. The van der Waals surface area contributed by atoms with Gasteiger partial charge in [-0.05, 0) is 30.4 Å². The van der Waals surface area contributed by atoms with Gasteiger partial charge in [0, 0.05) is 6.42 Å². The SMILES string of the molecule is CCC(=O)N(C(N)=S)c1cccc(C(F)(F)F)c1. The highest BCUT2D eigenvalue weighted by atomic mass is 32.1. The summed E-state index contributed by atoms with van der Waals surface area (Å²) >= 11 is 4.68. The maximum absolute atomic E-state index is 12.5. The third kappa shape index (κ3) is 3.19. The summed E-state index contributed by atoms with van der Waals surface area (Å²) in [5.74, 6) is -0.457. The highest BCUT2D eigenvalue weighted by molar-refractivity contribution is 7.80. The number of nitrogens with zero attached hydrogens (tertiary/aromatic N) is 1. The lowest BCUT2D eigenvalue weighted by atomic mass is 10.2. The van der Waals surface area contributed by atoms with Crippen molar-refractivity contribution in [3.05, 3.63) is 29.8 Å². The van der Waals surface area contributed by atoms with Gasteiger partial charge in [-0.25, -0.2) is 0 Å². The molecule has 0 radical (unpaired) electrons. The Kier molecular flexibility index (Phi) is 4.28. The molecule has 0 aliphatic carbocycles. The van der Waals surface area contributed by atoms with E-state index in [0.29, 0.717) is 0 Å². The van der Waals surface area contributed by atoms with E-state index in [9.17, 15) is 18.0 Å². The second-order valence-electron chi connectivity index (χ2n) is 3.47. The van der Waals surface area contributed by atoms with Crippen molar-refractivity contribution in [3.63, 3.8) is 0 Å². The summed E-state index contributed by atoms with van der Waals surface area (Å²) in [6.07, 6.45) is -4.39. The Labute approximate surface area is 107 Å². The molecule has 0 atom stereocenters. The molecule has 0 aliphatic heterocycles. The fraction of sp³-hybridized carbons (Fsp3) is 0.273. The topological polar surface area (TPSA) is 46.3 Å². The Hall–Kier alpha value is -1.63. The highest BCUT2D eigenvalue weighted by Gasteiger charge is 2.31. The predicted octanol–water partition coefficient (Wildman–Crippen LogP) is 2.69. The number of thiocarbonyl (C=S) groups is 1. The molecule has 0 bridgehead atoms. The van der Waals surface area contributed by atoms with Gasteiger partial charge in [0.2, 0.25) is 5.91 Å². The Morgan fingerprint density at radius 3 is 2.50 bits per heavy atom. The zero-order valence-electron chi connectivity index (χ0n) is 9.49. The van der Waals surface area contributed by atoms with Crippen LogP contribution in [0.3, 0.4) is 0 Å². The van der Waals surface area contributed by atoms with Gasteiger partial charge in [-0.3, -0.25) is 9.69 Å². The summed E-state index contributed by atoms with van der Waals surface area (Å²) in [5.41, 5.74) is 4.52. The molecule has 1 rings (SSSR count). The van der Waals surface area contributed by atoms with Gasteiger partial charge in [-0.2, -0.15) is 13.2 Å². The van der Waals surface area contributed by atoms with Crippen LogP contribution in [0.2, 0.25) is 0 Å². The van der Waals surface area contributed by atoms with E-state index >= 15 is 0 Å². The molecule has 0 aliphatic rings. The molecule has 1 amide bonds. The fourth-order valence-corrected chi connectivity index (χ4v) is 1.58. The zero-order chi connectivity index (χ0) is 13.9. The molecular formula is C11H11F3N2OS. The van der Waals surface area contributed by atoms with Gasteiger partial charge in [-0.1, -0.05) is 13.0 Å². The number of hydrogen-bond acceptors (Lipinski definition) is 2. The van der Waals surface area contributed by atoms with E-state index in [1.807, 2.05) is 0 Å². The zero-order valence-corrected chi connectivity index (χ0v) is 10.3. The van der Waals surface area contributed by atoms with E-state index in [1.165, 1.54) is 12.1 Å². The summed E-state index contributed by atoms with van der Waals surface area (Å²) in [7, 11) is 0. The molecule has 0 saturated carbocycles. The van der Waals surface area contributed by atoms with Crippen molar-refractivity contribution in [2.75, 3.05) is 4.90 Å². The van der Waals surface area contributed by atoms with Gasteiger partial charge >= 0.3 is 6.18 Å². The molecule has 98 valence electrons. The molecule has 0 saturated heterocycles. The second-order valence-corrected chi connectivity index (χ2v) is 3.89. The van der Waals surface area contributed by atoms with Gasteiger partial charge in [0.1, 0.15) is 0 Å². The number of carbonyl (C=O) groups is 1. The van der Waals surface area contributed by atoms with Crippen LogP contribution < -0.4 is 10.6 Å². The third-order valence-electron chi connectivity index (χ3n) is 2.20.